The molecular formula is C16H12N2O4. The fraction of sp³-hybridized carbons (Fsp3) is 0.250. The minimum Gasteiger partial charge on any atom is -0.295 e. The lowest BCUT2D eigenvalue weighted by Gasteiger charge is -2.27. The van der Waals surface area contributed by atoms with Crippen molar-refractivity contribution < 1.29 is 19.2 Å². The summed E-state index contributed by atoms with van der Waals surface area (Å²) in [6.45, 7) is 1.68. The number of amides is 4. The van der Waals surface area contributed by atoms with Gasteiger partial charge in [-0.05, 0) is 31.5 Å². The molecule has 6 nitrogen and oxygen atoms in total. The van der Waals surface area contributed by atoms with E-state index in [1.165, 1.54) is 0 Å². The Morgan fingerprint density at radius 1 is 1.14 bits per heavy atom. The van der Waals surface area contributed by atoms with Crippen LogP contribution in [0.5, 0.6) is 0 Å². The Bertz CT molecular complexity index is 785. The van der Waals surface area contributed by atoms with E-state index in [1.54, 1.807) is 25.1 Å². The lowest BCUT2D eigenvalue weighted by atomic mass is 10.0. The van der Waals surface area contributed by atoms with Gasteiger partial charge in [0, 0.05) is 12.0 Å². The second-order valence-corrected chi connectivity index (χ2v) is 5.08. The molecule has 4 amide bonds. The number of nitrogens with zero attached hydrogens (tertiary/aromatic N) is 1. The molecule has 2 aliphatic heterocycles. The summed E-state index contributed by atoms with van der Waals surface area (Å²) in [6.07, 6.45) is 0.258. The van der Waals surface area contributed by atoms with Crippen LogP contribution in [0.2, 0.25) is 0 Å². The first-order valence-electron chi connectivity index (χ1n) is 6.81. The summed E-state index contributed by atoms with van der Waals surface area (Å²) in [5, 5.41) is 2.16. The van der Waals surface area contributed by atoms with Gasteiger partial charge < -0.3 is 0 Å². The smallest absolute Gasteiger partial charge is 0.262 e. The SMILES string of the molecule is CC#Cc1ccc2c(c1)C(=O)N(C1CCC(=O)NC1=O)C2=O. The van der Waals surface area contributed by atoms with Crippen molar-refractivity contribution in [2.45, 2.75) is 25.8 Å². The van der Waals surface area contributed by atoms with Gasteiger partial charge in [0.25, 0.3) is 11.8 Å². The van der Waals surface area contributed by atoms with Gasteiger partial charge in [-0.15, -0.1) is 5.92 Å². The fourth-order valence-corrected chi connectivity index (χ4v) is 2.69. The van der Waals surface area contributed by atoms with Crippen LogP contribution in [0.25, 0.3) is 0 Å². The summed E-state index contributed by atoms with van der Waals surface area (Å²) in [5.74, 6) is 3.52. The van der Waals surface area contributed by atoms with Crippen LogP contribution in [-0.2, 0) is 9.59 Å². The maximum Gasteiger partial charge on any atom is 0.262 e. The molecule has 1 atom stereocenters. The number of nitrogens with one attached hydrogen (secondary N) is 1. The highest BCUT2D eigenvalue weighted by atomic mass is 16.2. The van der Waals surface area contributed by atoms with Crippen LogP contribution in [0.4, 0.5) is 0 Å². The van der Waals surface area contributed by atoms with Gasteiger partial charge in [0.15, 0.2) is 0 Å². The van der Waals surface area contributed by atoms with Crippen molar-refractivity contribution in [2.75, 3.05) is 0 Å². The number of hydrogen-bond acceptors (Lipinski definition) is 4. The van der Waals surface area contributed by atoms with Gasteiger partial charge in [0.2, 0.25) is 11.8 Å². The number of rotatable bonds is 1. The summed E-state index contributed by atoms with van der Waals surface area (Å²) in [4.78, 5) is 48.9. The molecule has 1 N–H and O–H groups in total. The molecule has 1 aromatic rings. The van der Waals surface area contributed by atoms with Crippen LogP contribution in [-0.4, -0.2) is 34.6 Å². The number of hydrogen-bond donors (Lipinski definition) is 1. The van der Waals surface area contributed by atoms with Gasteiger partial charge >= 0.3 is 0 Å². The summed E-state index contributed by atoms with van der Waals surface area (Å²) >= 11 is 0. The molecule has 0 bridgehead atoms. The van der Waals surface area contributed by atoms with Crippen molar-refractivity contribution in [1.29, 1.82) is 0 Å². The molecule has 2 aliphatic rings. The van der Waals surface area contributed by atoms with Gasteiger partial charge in [-0.1, -0.05) is 5.92 Å². The molecule has 0 spiro atoms. The van der Waals surface area contributed by atoms with Gasteiger partial charge in [0.1, 0.15) is 6.04 Å². The molecule has 1 fully saturated rings. The van der Waals surface area contributed by atoms with Gasteiger partial charge in [-0.25, -0.2) is 0 Å². The summed E-state index contributed by atoms with van der Waals surface area (Å²) in [5.41, 5.74) is 1.14. The number of carbonyl (C=O) groups is 4. The normalized spacial score (nSPS) is 20.4. The Morgan fingerprint density at radius 3 is 2.55 bits per heavy atom. The highest BCUT2D eigenvalue weighted by molar-refractivity contribution is 6.23. The molecule has 110 valence electrons. The molecule has 1 saturated heterocycles. The zero-order chi connectivity index (χ0) is 15.9. The number of imide groups is 2. The Labute approximate surface area is 126 Å². The Hall–Kier alpha value is -2.94. The van der Waals surface area contributed by atoms with E-state index in [0.717, 1.165) is 4.90 Å². The Kier molecular flexibility index (Phi) is 3.26. The van der Waals surface area contributed by atoms with Crippen molar-refractivity contribution >= 4 is 23.6 Å². The fourth-order valence-electron chi connectivity index (χ4n) is 2.69. The average Bonchev–Trinajstić information content (AvgIpc) is 2.72. The summed E-state index contributed by atoms with van der Waals surface area (Å²) in [7, 11) is 0. The van der Waals surface area contributed by atoms with E-state index in [4.69, 9.17) is 0 Å². The van der Waals surface area contributed by atoms with E-state index in [0.29, 0.717) is 5.56 Å². The molecule has 2 heterocycles. The average molecular weight is 296 g/mol. The Morgan fingerprint density at radius 2 is 1.86 bits per heavy atom. The predicted molar refractivity (Wildman–Crippen MR) is 75.7 cm³/mol. The van der Waals surface area contributed by atoms with Crippen LogP contribution >= 0.6 is 0 Å². The van der Waals surface area contributed by atoms with Gasteiger partial charge in [0.05, 0.1) is 11.1 Å². The first kappa shape index (κ1) is 14.0. The van der Waals surface area contributed by atoms with Crippen LogP contribution in [0.1, 0.15) is 46.0 Å². The highest BCUT2D eigenvalue weighted by Crippen LogP contribution is 2.28. The van der Waals surface area contributed by atoms with Crippen molar-refractivity contribution in [3.05, 3.63) is 34.9 Å². The highest BCUT2D eigenvalue weighted by Gasteiger charge is 2.44. The monoisotopic (exact) mass is 296 g/mol. The molecule has 6 heteroatoms. The zero-order valence-electron chi connectivity index (χ0n) is 11.8. The molecule has 1 aromatic carbocycles. The number of piperidine rings is 1. The zero-order valence-corrected chi connectivity index (χ0v) is 11.8. The third kappa shape index (κ3) is 2.07. The van der Waals surface area contributed by atoms with Crippen LogP contribution < -0.4 is 5.32 Å². The van der Waals surface area contributed by atoms with E-state index in [1.807, 2.05) is 0 Å². The van der Waals surface area contributed by atoms with Crippen LogP contribution in [0.3, 0.4) is 0 Å². The lowest BCUT2D eigenvalue weighted by molar-refractivity contribution is -0.136. The molecule has 22 heavy (non-hydrogen) atoms. The molecular weight excluding hydrogens is 284 g/mol. The van der Waals surface area contributed by atoms with E-state index in [-0.39, 0.29) is 24.0 Å². The second-order valence-electron chi connectivity index (χ2n) is 5.08. The standard InChI is InChI=1S/C16H12N2O4/c1-2-3-9-4-5-10-11(8-9)16(22)18(15(10)21)12-6-7-13(19)17-14(12)20/h4-5,8,12H,6-7H2,1H3,(H,17,19,20). The van der Waals surface area contributed by atoms with Gasteiger partial charge in [-0.2, -0.15) is 0 Å². The number of carbonyl (C=O) groups excluding carboxylic acids is 4. The van der Waals surface area contributed by atoms with Crippen molar-refractivity contribution in [2.24, 2.45) is 0 Å². The minimum absolute atomic E-state index is 0.108. The van der Waals surface area contributed by atoms with Crippen LogP contribution in [0.15, 0.2) is 18.2 Å². The first-order chi connectivity index (χ1) is 10.5. The summed E-state index contributed by atoms with van der Waals surface area (Å²) in [6, 6.07) is 3.82. The second kappa shape index (κ2) is 5.11. The molecule has 0 saturated carbocycles. The molecule has 0 aromatic heterocycles. The van der Waals surface area contributed by atoms with E-state index >= 15 is 0 Å². The summed E-state index contributed by atoms with van der Waals surface area (Å²) < 4.78 is 0. The lowest BCUT2D eigenvalue weighted by Crippen LogP contribution is -2.54. The Balaban J connectivity index is 1.97. The number of benzene rings is 1. The largest absolute Gasteiger partial charge is 0.295 e. The van der Waals surface area contributed by atoms with Gasteiger partial charge in [-0.3, -0.25) is 29.4 Å². The predicted octanol–water partition coefficient (Wildman–Crippen LogP) is 0.459. The van der Waals surface area contributed by atoms with E-state index in [9.17, 15) is 19.2 Å². The minimum atomic E-state index is -0.939. The third-order valence-corrected chi connectivity index (χ3v) is 3.71. The third-order valence-electron chi connectivity index (χ3n) is 3.71. The molecule has 3 rings (SSSR count). The maximum absolute atomic E-state index is 12.5. The number of fused-ring (bicyclic) bond motifs is 1. The topological polar surface area (TPSA) is 83.6 Å². The molecule has 1 unspecified atom stereocenters. The first-order valence-corrected chi connectivity index (χ1v) is 6.81. The van der Waals surface area contributed by atoms with Crippen LogP contribution in [0, 0.1) is 11.8 Å². The van der Waals surface area contributed by atoms with Crippen molar-refractivity contribution in [3.63, 3.8) is 0 Å². The van der Waals surface area contributed by atoms with Crippen molar-refractivity contribution in [3.8, 4) is 11.8 Å². The molecule has 0 radical (unpaired) electrons. The quantitative estimate of drug-likeness (QED) is 0.603. The van der Waals surface area contributed by atoms with Crippen molar-refractivity contribution in [1.82, 2.24) is 10.2 Å². The maximum atomic E-state index is 12.5. The molecule has 0 aliphatic carbocycles. The van der Waals surface area contributed by atoms with E-state index in [2.05, 4.69) is 17.2 Å². The van der Waals surface area contributed by atoms with E-state index < -0.39 is 29.7 Å².